The van der Waals surface area contributed by atoms with Gasteiger partial charge in [0.2, 0.25) is 23.6 Å². The number of rotatable bonds is 13. The van der Waals surface area contributed by atoms with Crippen LogP contribution in [0.2, 0.25) is 0 Å². The second-order valence-corrected chi connectivity index (χ2v) is 6.82. The van der Waals surface area contributed by atoms with Gasteiger partial charge in [0.25, 0.3) is 0 Å². The van der Waals surface area contributed by atoms with E-state index < -0.39 is 60.4 Å². The zero-order chi connectivity index (χ0) is 22.7. The summed E-state index contributed by atoms with van der Waals surface area (Å²) in [4.78, 5) is 58.6. The van der Waals surface area contributed by atoms with Crippen LogP contribution in [0.3, 0.4) is 0 Å². The molecule has 166 valence electrons. The lowest BCUT2D eigenvalue weighted by atomic mass is 9.98. The van der Waals surface area contributed by atoms with Crippen LogP contribution in [-0.2, 0) is 24.0 Å². The second-order valence-electron chi connectivity index (χ2n) is 6.82. The summed E-state index contributed by atoms with van der Waals surface area (Å²) < 4.78 is 0. The van der Waals surface area contributed by atoms with Crippen LogP contribution in [-0.4, -0.2) is 70.6 Å². The summed E-state index contributed by atoms with van der Waals surface area (Å²) in [5.41, 5.74) is 10.5. The van der Waals surface area contributed by atoms with E-state index in [9.17, 15) is 34.2 Å². The molecule has 0 saturated carbocycles. The number of carbonyl (C=O) groups is 5. The Morgan fingerprint density at radius 3 is 2.07 bits per heavy atom. The molecule has 4 amide bonds. The van der Waals surface area contributed by atoms with Crippen LogP contribution in [0, 0.1) is 5.92 Å². The number of aliphatic carboxylic acids is 1. The standard InChI is InChI=1S/C17H31N5O7/c1-4-8(2)14(17(28)29)22-15(26)10(5-6-11(18)24)21-12(25)7-20-16(27)13(19)9(3)23/h8-10,13-14,23H,4-7,19H2,1-3H3,(H2,18,24)(H,20,27)(H,21,25)(H,22,26)(H,28,29). The van der Waals surface area contributed by atoms with Gasteiger partial charge in [-0.25, -0.2) is 4.79 Å². The fraction of sp³-hybridized carbons (Fsp3) is 0.706. The molecule has 0 bridgehead atoms. The Morgan fingerprint density at radius 1 is 1.03 bits per heavy atom. The maximum Gasteiger partial charge on any atom is 0.326 e. The van der Waals surface area contributed by atoms with Crippen LogP contribution in [0.15, 0.2) is 0 Å². The number of primary amides is 1. The average Bonchev–Trinajstić information content (AvgIpc) is 2.65. The maximum atomic E-state index is 12.5. The lowest BCUT2D eigenvalue weighted by molar-refractivity contribution is -0.144. The molecule has 0 aliphatic carbocycles. The second kappa shape index (κ2) is 12.7. The van der Waals surface area contributed by atoms with Crippen molar-refractivity contribution < 1.29 is 34.2 Å². The molecule has 29 heavy (non-hydrogen) atoms. The molecule has 5 unspecified atom stereocenters. The number of aliphatic hydroxyl groups excluding tert-OH is 1. The van der Waals surface area contributed by atoms with Gasteiger partial charge in [-0.05, 0) is 19.3 Å². The van der Waals surface area contributed by atoms with E-state index in [1.54, 1.807) is 13.8 Å². The first-order valence-corrected chi connectivity index (χ1v) is 9.22. The first-order chi connectivity index (χ1) is 13.4. The van der Waals surface area contributed by atoms with Crippen LogP contribution < -0.4 is 27.4 Å². The van der Waals surface area contributed by atoms with E-state index >= 15 is 0 Å². The molecule has 0 spiro atoms. The topological polar surface area (TPSA) is 214 Å². The summed E-state index contributed by atoms with van der Waals surface area (Å²) in [5.74, 6) is -4.63. The van der Waals surface area contributed by atoms with Crippen LogP contribution >= 0.6 is 0 Å². The third kappa shape index (κ3) is 9.85. The van der Waals surface area contributed by atoms with E-state index in [0.717, 1.165) is 0 Å². The number of amides is 4. The van der Waals surface area contributed by atoms with Gasteiger partial charge in [-0.1, -0.05) is 20.3 Å². The van der Waals surface area contributed by atoms with E-state index in [1.807, 2.05) is 0 Å². The third-order valence-corrected chi connectivity index (χ3v) is 4.35. The van der Waals surface area contributed by atoms with Crippen LogP contribution in [0.25, 0.3) is 0 Å². The summed E-state index contributed by atoms with van der Waals surface area (Å²) in [6.45, 7) is 4.19. The summed E-state index contributed by atoms with van der Waals surface area (Å²) in [6, 6.07) is -3.64. The van der Waals surface area contributed by atoms with Gasteiger partial charge in [0.15, 0.2) is 0 Å². The minimum absolute atomic E-state index is 0.152. The fourth-order valence-corrected chi connectivity index (χ4v) is 2.24. The van der Waals surface area contributed by atoms with Crippen LogP contribution in [0.5, 0.6) is 0 Å². The minimum Gasteiger partial charge on any atom is -0.480 e. The Balaban J connectivity index is 5.05. The Labute approximate surface area is 168 Å². The molecule has 0 fully saturated rings. The predicted octanol–water partition coefficient (Wildman–Crippen LogP) is -2.82. The number of aliphatic hydroxyl groups is 1. The summed E-state index contributed by atoms with van der Waals surface area (Å²) in [5, 5.41) is 25.4. The van der Waals surface area contributed by atoms with Gasteiger partial charge in [-0.15, -0.1) is 0 Å². The molecule has 0 aromatic rings. The highest BCUT2D eigenvalue weighted by molar-refractivity contribution is 5.93. The number of carboxylic acid groups (broad SMARTS) is 1. The van der Waals surface area contributed by atoms with Gasteiger partial charge >= 0.3 is 5.97 Å². The highest BCUT2D eigenvalue weighted by Gasteiger charge is 2.30. The maximum absolute atomic E-state index is 12.5. The number of carbonyl (C=O) groups excluding carboxylic acids is 4. The molecule has 12 heteroatoms. The highest BCUT2D eigenvalue weighted by Crippen LogP contribution is 2.09. The molecule has 0 saturated heterocycles. The van der Waals surface area contributed by atoms with Gasteiger partial charge in [0.05, 0.1) is 12.6 Å². The largest absolute Gasteiger partial charge is 0.480 e. The SMILES string of the molecule is CCC(C)C(NC(=O)C(CCC(N)=O)NC(=O)CNC(=O)C(N)C(C)O)C(=O)O. The molecule has 9 N–H and O–H groups in total. The minimum atomic E-state index is -1.23. The van der Waals surface area contributed by atoms with Gasteiger partial charge in [0, 0.05) is 6.42 Å². The van der Waals surface area contributed by atoms with E-state index in [2.05, 4.69) is 16.0 Å². The predicted molar refractivity (Wildman–Crippen MR) is 102 cm³/mol. The molecule has 0 rings (SSSR count). The molecule has 0 aliphatic heterocycles. The summed E-state index contributed by atoms with van der Waals surface area (Å²) in [6.07, 6.45) is -1.01. The van der Waals surface area contributed by atoms with Gasteiger partial charge in [-0.2, -0.15) is 0 Å². The Morgan fingerprint density at radius 2 is 1.62 bits per heavy atom. The number of hydrogen-bond acceptors (Lipinski definition) is 7. The third-order valence-electron chi connectivity index (χ3n) is 4.35. The Kier molecular flexibility index (Phi) is 11.5. The molecule has 0 radical (unpaired) electrons. The molecular formula is C17H31N5O7. The fourth-order valence-electron chi connectivity index (χ4n) is 2.24. The summed E-state index contributed by atoms with van der Waals surface area (Å²) in [7, 11) is 0. The van der Waals surface area contributed by atoms with Gasteiger partial charge in [-0.3, -0.25) is 19.2 Å². The van der Waals surface area contributed by atoms with Crippen molar-refractivity contribution in [2.75, 3.05) is 6.54 Å². The van der Waals surface area contributed by atoms with Crippen LogP contribution in [0.4, 0.5) is 0 Å². The molecule has 0 heterocycles. The van der Waals surface area contributed by atoms with E-state index in [-0.39, 0.29) is 18.8 Å². The highest BCUT2D eigenvalue weighted by atomic mass is 16.4. The van der Waals surface area contributed by atoms with Gasteiger partial charge < -0.3 is 37.6 Å². The zero-order valence-corrected chi connectivity index (χ0v) is 16.8. The van der Waals surface area contributed by atoms with E-state index in [0.29, 0.717) is 6.42 Å². The molecule has 0 aliphatic rings. The van der Waals surface area contributed by atoms with Crippen molar-refractivity contribution in [2.24, 2.45) is 17.4 Å². The quantitative estimate of drug-likeness (QED) is 0.165. The smallest absolute Gasteiger partial charge is 0.326 e. The first-order valence-electron chi connectivity index (χ1n) is 9.22. The Bertz CT molecular complexity index is 611. The molecule has 12 nitrogen and oxygen atoms in total. The normalized spacial score (nSPS) is 15.9. The zero-order valence-electron chi connectivity index (χ0n) is 16.8. The number of nitrogens with one attached hydrogen (secondary N) is 3. The number of carboxylic acids is 1. The van der Waals surface area contributed by atoms with Crippen molar-refractivity contribution in [1.29, 1.82) is 0 Å². The lowest BCUT2D eigenvalue weighted by Crippen LogP contribution is -2.55. The molecule has 0 aromatic carbocycles. The number of nitrogens with two attached hydrogens (primary N) is 2. The molecule has 5 atom stereocenters. The monoisotopic (exact) mass is 417 g/mol. The van der Waals surface area contributed by atoms with Crippen molar-refractivity contribution >= 4 is 29.6 Å². The average molecular weight is 417 g/mol. The van der Waals surface area contributed by atoms with Crippen molar-refractivity contribution in [3.8, 4) is 0 Å². The molecular weight excluding hydrogens is 386 g/mol. The van der Waals surface area contributed by atoms with Crippen molar-refractivity contribution in [3.63, 3.8) is 0 Å². The lowest BCUT2D eigenvalue weighted by Gasteiger charge is -2.24. The van der Waals surface area contributed by atoms with E-state index in [1.165, 1.54) is 6.92 Å². The summed E-state index contributed by atoms with van der Waals surface area (Å²) >= 11 is 0. The number of hydrogen-bond donors (Lipinski definition) is 7. The van der Waals surface area contributed by atoms with Crippen molar-refractivity contribution in [1.82, 2.24) is 16.0 Å². The van der Waals surface area contributed by atoms with Crippen molar-refractivity contribution in [3.05, 3.63) is 0 Å². The van der Waals surface area contributed by atoms with E-state index in [4.69, 9.17) is 11.5 Å². The van der Waals surface area contributed by atoms with Crippen molar-refractivity contribution in [2.45, 2.75) is 64.3 Å². The first kappa shape index (κ1) is 26.3. The molecule has 0 aromatic heterocycles. The van der Waals surface area contributed by atoms with Gasteiger partial charge in [0.1, 0.15) is 18.1 Å². The Hall–Kier alpha value is -2.73. The van der Waals surface area contributed by atoms with Crippen LogP contribution in [0.1, 0.15) is 40.0 Å².